The summed E-state index contributed by atoms with van der Waals surface area (Å²) in [5.74, 6) is 0. The van der Waals surface area contributed by atoms with Gasteiger partial charge in [-0.15, -0.1) is 0 Å². The Morgan fingerprint density at radius 1 is 1.14 bits per heavy atom. The van der Waals surface area contributed by atoms with E-state index in [1.165, 1.54) is 5.56 Å². The lowest BCUT2D eigenvalue weighted by Crippen LogP contribution is -1.97. The topological polar surface area (TPSA) is 38.9 Å². The molecule has 0 fully saturated rings. The molecule has 0 bridgehead atoms. The fourth-order valence-corrected chi connectivity index (χ4v) is 2.56. The van der Waals surface area contributed by atoms with Crippen molar-refractivity contribution in [1.82, 2.24) is 4.98 Å². The quantitative estimate of drug-likeness (QED) is 0.715. The average Bonchev–Trinajstić information content (AvgIpc) is 2.51. The molecule has 2 N–H and O–H groups in total. The second-order valence-corrected chi connectivity index (χ2v) is 5.41. The van der Waals surface area contributed by atoms with Gasteiger partial charge in [-0.25, -0.2) is 4.98 Å². The van der Waals surface area contributed by atoms with E-state index in [4.69, 9.17) is 17.3 Å². The highest BCUT2D eigenvalue weighted by Crippen LogP contribution is 2.35. The van der Waals surface area contributed by atoms with Crippen LogP contribution in [0.25, 0.3) is 28.2 Å². The Kier molecular flexibility index (Phi) is 3.40. The summed E-state index contributed by atoms with van der Waals surface area (Å²) in [6, 6.07) is 13.9. The number of rotatable bonds is 2. The molecule has 0 aliphatic rings. The molecule has 2 aromatic carbocycles. The van der Waals surface area contributed by atoms with E-state index in [0.29, 0.717) is 16.4 Å². The maximum atomic E-state index is 6.42. The molecule has 1 aromatic heterocycles. The molecule has 0 saturated heterocycles. The standard InChI is InChI=1S/C18H15ClN2/c1-3-12-6-9-14-15(10-12)21-18(17(20)16(14)19)13-7-4-11(2)5-8-13/h3-10H,1,20H2,2H3. The van der Waals surface area contributed by atoms with Crippen LogP contribution in [0.1, 0.15) is 11.1 Å². The molecule has 104 valence electrons. The van der Waals surface area contributed by atoms with E-state index in [1.54, 1.807) is 6.08 Å². The number of nitrogens with two attached hydrogens (primary N) is 1. The van der Waals surface area contributed by atoms with Gasteiger partial charge >= 0.3 is 0 Å². The van der Waals surface area contributed by atoms with Crippen molar-refractivity contribution in [3.8, 4) is 11.3 Å². The SMILES string of the molecule is C=Cc1ccc2c(Cl)c(N)c(-c3ccc(C)cc3)nc2c1. The molecule has 0 spiro atoms. The molecular formula is C18H15ClN2. The van der Waals surface area contributed by atoms with Crippen molar-refractivity contribution in [3.05, 3.63) is 65.2 Å². The molecule has 0 saturated carbocycles. The number of hydrogen-bond acceptors (Lipinski definition) is 2. The van der Waals surface area contributed by atoms with Crippen molar-refractivity contribution in [2.45, 2.75) is 6.92 Å². The van der Waals surface area contributed by atoms with Gasteiger partial charge in [-0.05, 0) is 18.6 Å². The zero-order chi connectivity index (χ0) is 15.0. The van der Waals surface area contributed by atoms with E-state index in [-0.39, 0.29) is 0 Å². The molecule has 1 heterocycles. The highest BCUT2D eigenvalue weighted by Gasteiger charge is 2.12. The summed E-state index contributed by atoms with van der Waals surface area (Å²) in [5, 5.41) is 1.40. The second-order valence-electron chi connectivity index (χ2n) is 5.03. The summed E-state index contributed by atoms with van der Waals surface area (Å²) in [6.07, 6.45) is 1.79. The molecular weight excluding hydrogens is 280 g/mol. The van der Waals surface area contributed by atoms with Gasteiger partial charge in [0.15, 0.2) is 0 Å². The third kappa shape index (κ3) is 2.39. The zero-order valence-corrected chi connectivity index (χ0v) is 12.5. The number of hydrogen-bond donors (Lipinski definition) is 1. The maximum Gasteiger partial charge on any atom is 0.0954 e. The van der Waals surface area contributed by atoms with Crippen LogP contribution < -0.4 is 5.73 Å². The first-order chi connectivity index (χ1) is 10.1. The molecule has 3 aromatic rings. The van der Waals surface area contributed by atoms with Gasteiger partial charge in [0, 0.05) is 10.9 Å². The number of benzene rings is 2. The van der Waals surface area contributed by atoms with Gasteiger partial charge in [0.25, 0.3) is 0 Å². The van der Waals surface area contributed by atoms with Gasteiger partial charge in [0.05, 0.1) is 21.9 Å². The van der Waals surface area contributed by atoms with Gasteiger partial charge in [-0.2, -0.15) is 0 Å². The molecule has 0 aliphatic carbocycles. The largest absolute Gasteiger partial charge is 0.396 e. The van der Waals surface area contributed by atoms with Gasteiger partial charge in [0.2, 0.25) is 0 Å². The molecule has 2 nitrogen and oxygen atoms in total. The summed E-state index contributed by atoms with van der Waals surface area (Å²) in [4.78, 5) is 4.69. The molecule has 0 amide bonds. The van der Waals surface area contributed by atoms with E-state index >= 15 is 0 Å². The van der Waals surface area contributed by atoms with Crippen molar-refractivity contribution in [2.75, 3.05) is 5.73 Å². The summed E-state index contributed by atoms with van der Waals surface area (Å²) >= 11 is 6.42. The van der Waals surface area contributed by atoms with Crippen LogP contribution in [-0.2, 0) is 0 Å². The highest BCUT2D eigenvalue weighted by atomic mass is 35.5. The Hall–Kier alpha value is -2.32. The lowest BCUT2D eigenvalue weighted by Gasteiger charge is -2.11. The number of aryl methyl sites for hydroxylation is 1. The van der Waals surface area contributed by atoms with E-state index in [9.17, 15) is 0 Å². The third-order valence-electron chi connectivity index (χ3n) is 3.54. The minimum atomic E-state index is 0.513. The smallest absolute Gasteiger partial charge is 0.0954 e. The Labute approximate surface area is 128 Å². The minimum absolute atomic E-state index is 0.513. The minimum Gasteiger partial charge on any atom is -0.396 e. The van der Waals surface area contributed by atoms with Crippen molar-refractivity contribution in [2.24, 2.45) is 0 Å². The van der Waals surface area contributed by atoms with Crippen molar-refractivity contribution < 1.29 is 0 Å². The molecule has 3 rings (SSSR count). The van der Waals surface area contributed by atoms with Crippen LogP contribution in [0.4, 0.5) is 5.69 Å². The Bertz CT molecular complexity index is 836. The Morgan fingerprint density at radius 2 is 1.86 bits per heavy atom. The van der Waals surface area contributed by atoms with Crippen molar-refractivity contribution >= 4 is 34.3 Å². The summed E-state index contributed by atoms with van der Waals surface area (Å²) < 4.78 is 0. The van der Waals surface area contributed by atoms with E-state index in [0.717, 1.165) is 22.0 Å². The van der Waals surface area contributed by atoms with Crippen LogP contribution in [0.2, 0.25) is 5.02 Å². The van der Waals surface area contributed by atoms with Gasteiger partial charge in [-0.3, -0.25) is 0 Å². The monoisotopic (exact) mass is 294 g/mol. The highest BCUT2D eigenvalue weighted by molar-refractivity contribution is 6.38. The van der Waals surface area contributed by atoms with Crippen LogP contribution >= 0.6 is 11.6 Å². The first-order valence-electron chi connectivity index (χ1n) is 6.68. The summed E-state index contributed by atoms with van der Waals surface area (Å²) in [5.41, 5.74) is 11.4. The number of fused-ring (bicyclic) bond motifs is 1. The van der Waals surface area contributed by atoms with Gasteiger partial charge in [0.1, 0.15) is 0 Å². The number of pyridine rings is 1. The van der Waals surface area contributed by atoms with E-state index in [1.807, 2.05) is 49.4 Å². The first kappa shape index (κ1) is 13.7. The summed E-state index contributed by atoms with van der Waals surface area (Å²) in [7, 11) is 0. The fraction of sp³-hybridized carbons (Fsp3) is 0.0556. The number of anilines is 1. The molecule has 21 heavy (non-hydrogen) atoms. The normalized spacial score (nSPS) is 10.8. The van der Waals surface area contributed by atoms with Crippen LogP contribution in [0.3, 0.4) is 0 Å². The summed E-state index contributed by atoms with van der Waals surface area (Å²) in [6.45, 7) is 5.83. The number of nitrogens with zero attached hydrogens (tertiary/aromatic N) is 1. The number of aromatic nitrogens is 1. The van der Waals surface area contributed by atoms with Crippen molar-refractivity contribution in [3.63, 3.8) is 0 Å². The third-order valence-corrected chi connectivity index (χ3v) is 3.95. The molecule has 0 unspecified atom stereocenters. The van der Waals surface area contributed by atoms with Crippen LogP contribution in [0, 0.1) is 6.92 Å². The molecule has 0 atom stereocenters. The predicted octanol–water partition coefficient (Wildman–Crippen LogP) is 5.09. The van der Waals surface area contributed by atoms with Gasteiger partial charge in [-0.1, -0.05) is 66.2 Å². The lowest BCUT2D eigenvalue weighted by molar-refractivity contribution is 1.38. The van der Waals surface area contributed by atoms with Crippen molar-refractivity contribution in [1.29, 1.82) is 0 Å². The van der Waals surface area contributed by atoms with Crippen LogP contribution in [-0.4, -0.2) is 4.98 Å². The van der Waals surface area contributed by atoms with Crippen LogP contribution in [0.5, 0.6) is 0 Å². The lowest BCUT2D eigenvalue weighted by atomic mass is 10.0. The number of halogens is 1. The zero-order valence-electron chi connectivity index (χ0n) is 11.7. The maximum absolute atomic E-state index is 6.42. The molecule has 3 heteroatoms. The Balaban J connectivity index is 2.29. The van der Waals surface area contributed by atoms with E-state index in [2.05, 4.69) is 11.6 Å². The van der Waals surface area contributed by atoms with Crippen LogP contribution in [0.15, 0.2) is 49.0 Å². The van der Waals surface area contributed by atoms with Gasteiger partial charge < -0.3 is 5.73 Å². The first-order valence-corrected chi connectivity index (χ1v) is 7.06. The second kappa shape index (κ2) is 5.23. The average molecular weight is 295 g/mol. The Morgan fingerprint density at radius 3 is 2.52 bits per heavy atom. The molecule has 0 radical (unpaired) electrons. The predicted molar refractivity (Wildman–Crippen MR) is 91.4 cm³/mol. The number of nitrogen functional groups attached to an aromatic ring is 1. The fourth-order valence-electron chi connectivity index (χ4n) is 2.31. The molecule has 0 aliphatic heterocycles. The van der Waals surface area contributed by atoms with E-state index < -0.39 is 0 Å².